The second-order valence-electron chi connectivity index (χ2n) is 5.74. The van der Waals surface area contributed by atoms with E-state index >= 15 is 0 Å². The van der Waals surface area contributed by atoms with Gasteiger partial charge in [0.1, 0.15) is 0 Å². The fourth-order valence-electron chi connectivity index (χ4n) is 2.93. The van der Waals surface area contributed by atoms with E-state index in [2.05, 4.69) is 20.3 Å². The molecule has 2 heterocycles. The van der Waals surface area contributed by atoms with Crippen molar-refractivity contribution in [1.29, 1.82) is 0 Å². The lowest BCUT2D eigenvalue weighted by Gasteiger charge is -2.22. The van der Waals surface area contributed by atoms with Crippen LogP contribution in [0.2, 0.25) is 0 Å². The quantitative estimate of drug-likeness (QED) is 0.774. The number of carbonyl (C=O) groups excluding carboxylic acids is 1. The number of nitrogens with zero attached hydrogens (tertiary/aromatic N) is 1. The minimum Gasteiger partial charge on any atom is -0.347 e. The molecule has 2 aromatic heterocycles. The smallest absolute Gasteiger partial charge is 0.325 e. The first-order valence-corrected chi connectivity index (χ1v) is 8.33. The van der Waals surface area contributed by atoms with Gasteiger partial charge in [-0.15, -0.1) is 11.3 Å². The molecule has 1 aliphatic carbocycles. The van der Waals surface area contributed by atoms with Crippen LogP contribution in [0.3, 0.4) is 0 Å². The normalized spacial score (nSPS) is 16.9. The molecule has 8 heteroatoms. The van der Waals surface area contributed by atoms with Crippen LogP contribution in [0.5, 0.6) is 0 Å². The van der Waals surface area contributed by atoms with E-state index in [9.17, 15) is 14.4 Å². The van der Waals surface area contributed by atoms with Crippen LogP contribution in [0.1, 0.15) is 45.7 Å². The molecule has 3 N–H and O–H groups in total. The van der Waals surface area contributed by atoms with E-state index < -0.39 is 11.2 Å². The number of nitrogens with one attached hydrogen (secondary N) is 3. The molecule has 0 spiro atoms. The van der Waals surface area contributed by atoms with Crippen LogP contribution in [0.15, 0.2) is 9.59 Å². The molecule has 3 rings (SSSR count). The molecule has 0 aliphatic heterocycles. The van der Waals surface area contributed by atoms with Gasteiger partial charge in [0.15, 0.2) is 0 Å². The van der Waals surface area contributed by atoms with Gasteiger partial charge < -0.3 is 10.3 Å². The highest BCUT2D eigenvalue weighted by molar-refractivity contribution is 7.11. The fraction of sp³-hybridized carbons (Fsp3) is 0.467. The Balaban J connectivity index is 1.76. The predicted octanol–water partition coefficient (Wildman–Crippen LogP) is 0.873. The summed E-state index contributed by atoms with van der Waals surface area (Å²) in [4.78, 5) is 45.7. The second-order valence-corrected chi connectivity index (χ2v) is 7.03. The van der Waals surface area contributed by atoms with E-state index in [-0.39, 0.29) is 23.9 Å². The lowest BCUT2D eigenvalue weighted by atomic mass is 9.97. The van der Waals surface area contributed by atoms with E-state index in [4.69, 9.17) is 0 Å². The van der Waals surface area contributed by atoms with Crippen LogP contribution < -0.4 is 16.6 Å². The molecular weight excluding hydrogens is 316 g/mol. The predicted molar refractivity (Wildman–Crippen MR) is 86.8 cm³/mol. The van der Waals surface area contributed by atoms with Gasteiger partial charge in [-0.25, -0.2) is 9.78 Å². The number of carbonyl (C=O) groups is 1. The molecule has 1 aliphatic rings. The van der Waals surface area contributed by atoms with Gasteiger partial charge in [0.25, 0.3) is 5.56 Å². The zero-order chi connectivity index (χ0) is 16.6. The molecule has 0 saturated carbocycles. The topological polar surface area (TPSA) is 108 Å². The Labute approximate surface area is 136 Å². The van der Waals surface area contributed by atoms with E-state index in [0.717, 1.165) is 30.0 Å². The molecule has 0 radical (unpaired) electrons. The maximum atomic E-state index is 12.3. The highest BCUT2D eigenvalue weighted by Crippen LogP contribution is 2.32. The third-order valence-electron chi connectivity index (χ3n) is 3.99. The number of aryl methyl sites for hydroxylation is 3. The van der Waals surface area contributed by atoms with Crippen LogP contribution in [-0.4, -0.2) is 20.9 Å². The first kappa shape index (κ1) is 15.7. The summed E-state index contributed by atoms with van der Waals surface area (Å²) in [6.45, 7) is 3.58. The Kier molecular flexibility index (Phi) is 4.16. The summed E-state index contributed by atoms with van der Waals surface area (Å²) in [6.07, 6.45) is 2.81. The molecule has 0 bridgehead atoms. The highest BCUT2D eigenvalue weighted by atomic mass is 32.1. The average Bonchev–Trinajstić information content (AvgIpc) is 2.84. The van der Waals surface area contributed by atoms with Gasteiger partial charge in [-0.05, 0) is 33.1 Å². The number of hydrogen-bond acceptors (Lipinski definition) is 5. The molecule has 0 aromatic carbocycles. The third kappa shape index (κ3) is 3.26. The number of aromatic amines is 2. The molecule has 1 unspecified atom stereocenters. The van der Waals surface area contributed by atoms with Gasteiger partial charge in [-0.1, -0.05) is 0 Å². The van der Waals surface area contributed by atoms with Crippen molar-refractivity contribution >= 4 is 17.2 Å². The van der Waals surface area contributed by atoms with E-state index in [0.29, 0.717) is 5.69 Å². The third-order valence-corrected chi connectivity index (χ3v) is 5.03. The van der Waals surface area contributed by atoms with Crippen molar-refractivity contribution in [3.8, 4) is 0 Å². The van der Waals surface area contributed by atoms with Crippen LogP contribution in [0.4, 0.5) is 0 Å². The molecule has 1 atom stereocenters. The lowest BCUT2D eigenvalue weighted by Crippen LogP contribution is -2.35. The summed E-state index contributed by atoms with van der Waals surface area (Å²) >= 11 is 1.67. The summed E-state index contributed by atoms with van der Waals surface area (Å²) in [5, 5.41) is 3.97. The maximum Gasteiger partial charge on any atom is 0.325 e. The van der Waals surface area contributed by atoms with Crippen LogP contribution in [0, 0.1) is 13.8 Å². The van der Waals surface area contributed by atoms with E-state index in [1.165, 1.54) is 4.88 Å². The number of H-pyrrole nitrogens is 2. The van der Waals surface area contributed by atoms with Crippen molar-refractivity contribution in [3.05, 3.63) is 47.7 Å². The van der Waals surface area contributed by atoms with Crippen molar-refractivity contribution in [1.82, 2.24) is 20.3 Å². The van der Waals surface area contributed by atoms with Crippen molar-refractivity contribution < 1.29 is 4.79 Å². The molecule has 7 nitrogen and oxygen atoms in total. The SMILES string of the molecule is Cc1nc2c(s1)CCCC2NC(=O)Cc1c(C)[nH]c(=O)[nH]c1=O. The second kappa shape index (κ2) is 6.11. The minimum atomic E-state index is -0.563. The van der Waals surface area contributed by atoms with Gasteiger partial charge in [0, 0.05) is 16.1 Å². The maximum absolute atomic E-state index is 12.3. The van der Waals surface area contributed by atoms with Crippen LogP contribution >= 0.6 is 11.3 Å². The molecular formula is C15H18N4O3S. The summed E-state index contributed by atoms with van der Waals surface area (Å²) in [5.41, 5.74) is 0.580. The molecule has 1 amide bonds. The zero-order valence-corrected chi connectivity index (χ0v) is 13.8. The molecule has 23 heavy (non-hydrogen) atoms. The van der Waals surface area contributed by atoms with Gasteiger partial charge in [0.2, 0.25) is 5.91 Å². The molecule has 0 fully saturated rings. The number of amides is 1. The molecule has 0 saturated heterocycles. The summed E-state index contributed by atoms with van der Waals surface area (Å²) < 4.78 is 0. The Morgan fingerprint density at radius 3 is 2.87 bits per heavy atom. The van der Waals surface area contributed by atoms with Gasteiger partial charge >= 0.3 is 5.69 Å². The molecule has 122 valence electrons. The first-order valence-electron chi connectivity index (χ1n) is 7.51. The summed E-state index contributed by atoms with van der Waals surface area (Å²) in [5.74, 6) is -0.242. The fourth-order valence-corrected chi connectivity index (χ4v) is 3.96. The monoisotopic (exact) mass is 334 g/mol. The number of fused-ring (bicyclic) bond motifs is 1. The summed E-state index contributed by atoms with van der Waals surface area (Å²) in [6, 6.07) is -0.0988. The van der Waals surface area contributed by atoms with E-state index in [1.54, 1.807) is 18.3 Å². The Hall–Kier alpha value is -2.22. The van der Waals surface area contributed by atoms with Crippen molar-refractivity contribution in [2.45, 2.75) is 45.6 Å². The van der Waals surface area contributed by atoms with Crippen LogP contribution in [0.25, 0.3) is 0 Å². The number of hydrogen-bond donors (Lipinski definition) is 3. The Morgan fingerprint density at radius 2 is 2.13 bits per heavy atom. The number of thiazole rings is 1. The number of aromatic nitrogens is 3. The van der Waals surface area contributed by atoms with Crippen molar-refractivity contribution in [2.75, 3.05) is 0 Å². The first-order chi connectivity index (χ1) is 10.9. The Bertz CT molecular complexity index is 864. The minimum absolute atomic E-state index is 0.0626. The largest absolute Gasteiger partial charge is 0.347 e. The molecule has 2 aromatic rings. The van der Waals surface area contributed by atoms with Gasteiger partial charge in [0.05, 0.1) is 23.2 Å². The van der Waals surface area contributed by atoms with Crippen molar-refractivity contribution in [2.24, 2.45) is 0 Å². The summed E-state index contributed by atoms with van der Waals surface area (Å²) in [7, 11) is 0. The average molecular weight is 334 g/mol. The highest BCUT2D eigenvalue weighted by Gasteiger charge is 2.25. The van der Waals surface area contributed by atoms with Gasteiger partial charge in [-0.2, -0.15) is 0 Å². The number of rotatable bonds is 3. The standard InChI is InChI=1S/C15H18N4O3S/c1-7-9(14(21)19-15(22)16-7)6-12(20)18-10-4-3-5-11-13(10)17-8(2)23-11/h10H,3-6H2,1-2H3,(H,18,20)(H2,16,19,21,22). The van der Waals surface area contributed by atoms with Gasteiger partial charge in [-0.3, -0.25) is 14.6 Å². The lowest BCUT2D eigenvalue weighted by molar-refractivity contribution is -0.121. The Morgan fingerprint density at radius 1 is 1.35 bits per heavy atom. The van der Waals surface area contributed by atoms with E-state index in [1.807, 2.05) is 6.92 Å². The zero-order valence-electron chi connectivity index (χ0n) is 13.0. The van der Waals surface area contributed by atoms with Crippen LogP contribution in [-0.2, 0) is 17.6 Å². The van der Waals surface area contributed by atoms with Crippen molar-refractivity contribution in [3.63, 3.8) is 0 Å².